The van der Waals surface area contributed by atoms with Gasteiger partial charge in [-0.1, -0.05) is 0 Å². The Balaban J connectivity index is 3.68. The monoisotopic (exact) mass is 240 g/mol. The lowest BCUT2D eigenvalue weighted by atomic mass is 10.5. The van der Waals surface area contributed by atoms with Crippen LogP contribution < -0.4 is 0 Å². The average molecular weight is 241 g/mol. The van der Waals surface area contributed by atoms with Crippen molar-refractivity contribution in [3.63, 3.8) is 0 Å². The van der Waals surface area contributed by atoms with Gasteiger partial charge in [-0.15, -0.1) is 23.2 Å². The number of rotatable bonds is 6. The second kappa shape index (κ2) is 8.84. The highest BCUT2D eigenvalue weighted by atomic mass is 35.5. The first-order valence-corrected chi connectivity index (χ1v) is 4.91. The molecule has 0 aromatic rings. The van der Waals surface area contributed by atoms with E-state index in [1.54, 1.807) is 0 Å². The summed E-state index contributed by atoms with van der Waals surface area (Å²) in [5.41, 5.74) is 0. The van der Waals surface area contributed by atoms with Crippen molar-refractivity contribution in [1.82, 2.24) is 0 Å². The molecule has 0 spiro atoms. The van der Waals surface area contributed by atoms with E-state index in [1.165, 1.54) is 0 Å². The van der Waals surface area contributed by atoms with Gasteiger partial charge >= 0.3 is 11.9 Å². The zero-order valence-corrected chi connectivity index (χ0v) is 8.88. The number of ether oxygens (including phenoxy) is 2. The van der Waals surface area contributed by atoms with Crippen molar-refractivity contribution >= 4 is 35.1 Å². The van der Waals surface area contributed by atoms with E-state index in [2.05, 4.69) is 9.47 Å². The lowest BCUT2D eigenvalue weighted by Crippen LogP contribution is -2.06. The summed E-state index contributed by atoms with van der Waals surface area (Å²) in [5.74, 6) is -0.825. The first kappa shape index (κ1) is 13.3. The van der Waals surface area contributed by atoms with E-state index in [4.69, 9.17) is 23.2 Å². The quantitative estimate of drug-likeness (QED) is 0.397. The van der Waals surface area contributed by atoms with Gasteiger partial charge in [-0.3, -0.25) is 0 Å². The molecule has 4 nitrogen and oxygen atoms in total. The number of halogens is 2. The summed E-state index contributed by atoms with van der Waals surface area (Å²) in [4.78, 5) is 21.6. The van der Waals surface area contributed by atoms with Crippen LogP contribution in [0.3, 0.4) is 0 Å². The fourth-order valence-corrected chi connectivity index (χ4v) is 0.665. The number of hydrogen-bond donors (Lipinski definition) is 0. The smallest absolute Gasteiger partial charge is 0.331 e. The average Bonchev–Trinajstić information content (AvgIpc) is 2.20. The summed E-state index contributed by atoms with van der Waals surface area (Å²) >= 11 is 10.5. The molecule has 0 fully saturated rings. The third-order valence-electron chi connectivity index (χ3n) is 0.998. The standard InChI is InChI=1S/C8H10Cl2O4/c9-3-5-13-7(11)1-2-8(12)14-6-4-10/h1-2H,3-6H2/b2-1+. The van der Waals surface area contributed by atoms with Crippen molar-refractivity contribution in [2.75, 3.05) is 25.0 Å². The van der Waals surface area contributed by atoms with Crippen molar-refractivity contribution in [1.29, 1.82) is 0 Å². The van der Waals surface area contributed by atoms with E-state index in [0.717, 1.165) is 12.2 Å². The molecule has 0 radical (unpaired) electrons. The zero-order valence-electron chi connectivity index (χ0n) is 7.37. The highest BCUT2D eigenvalue weighted by Gasteiger charge is 1.99. The Morgan fingerprint density at radius 3 is 1.57 bits per heavy atom. The summed E-state index contributed by atoms with van der Waals surface area (Å²) in [7, 11) is 0. The Morgan fingerprint density at radius 2 is 1.29 bits per heavy atom. The molecule has 0 aliphatic rings. The molecule has 0 saturated heterocycles. The van der Waals surface area contributed by atoms with Crippen molar-refractivity contribution < 1.29 is 19.1 Å². The highest BCUT2D eigenvalue weighted by Crippen LogP contribution is 1.87. The molecule has 0 aromatic carbocycles. The van der Waals surface area contributed by atoms with E-state index >= 15 is 0 Å². The maximum Gasteiger partial charge on any atom is 0.331 e. The number of carbonyl (C=O) groups is 2. The fourth-order valence-electron chi connectivity index (χ4n) is 0.511. The zero-order chi connectivity index (χ0) is 10.8. The summed E-state index contributed by atoms with van der Waals surface area (Å²) in [6.07, 6.45) is 1.95. The van der Waals surface area contributed by atoms with Crippen molar-refractivity contribution in [2.45, 2.75) is 0 Å². The summed E-state index contributed by atoms with van der Waals surface area (Å²) < 4.78 is 9.11. The third kappa shape index (κ3) is 7.89. The van der Waals surface area contributed by atoms with Gasteiger partial charge in [0.2, 0.25) is 0 Å². The number of esters is 2. The molecular weight excluding hydrogens is 231 g/mol. The Hall–Kier alpha value is -0.740. The normalized spacial score (nSPS) is 10.1. The van der Waals surface area contributed by atoms with E-state index in [-0.39, 0.29) is 25.0 Å². The Bertz CT molecular complexity index is 193. The van der Waals surface area contributed by atoms with Gasteiger partial charge in [0, 0.05) is 12.2 Å². The Morgan fingerprint density at radius 1 is 0.929 bits per heavy atom. The van der Waals surface area contributed by atoms with Crippen molar-refractivity contribution in [2.24, 2.45) is 0 Å². The lowest BCUT2D eigenvalue weighted by molar-refractivity contribution is -0.139. The maximum atomic E-state index is 10.8. The maximum absolute atomic E-state index is 10.8. The van der Waals surface area contributed by atoms with Crippen LogP contribution in [0.1, 0.15) is 0 Å². The van der Waals surface area contributed by atoms with E-state index in [0.29, 0.717) is 0 Å². The number of hydrogen-bond acceptors (Lipinski definition) is 4. The Kier molecular flexibility index (Phi) is 8.37. The SMILES string of the molecule is O=C(/C=C/C(=O)OCCCl)OCCCl. The number of alkyl halides is 2. The molecule has 0 saturated carbocycles. The molecule has 0 heterocycles. The highest BCUT2D eigenvalue weighted by molar-refractivity contribution is 6.18. The van der Waals surface area contributed by atoms with Gasteiger partial charge in [0.1, 0.15) is 13.2 Å². The van der Waals surface area contributed by atoms with E-state index in [9.17, 15) is 9.59 Å². The van der Waals surface area contributed by atoms with Gasteiger partial charge in [-0.25, -0.2) is 9.59 Å². The van der Waals surface area contributed by atoms with E-state index < -0.39 is 11.9 Å². The minimum Gasteiger partial charge on any atom is -0.461 e. The predicted octanol–water partition coefficient (Wildman–Crippen LogP) is 1.11. The molecule has 0 aliphatic carbocycles. The Labute approximate surface area is 91.8 Å². The van der Waals surface area contributed by atoms with Crippen LogP contribution in [0, 0.1) is 0 Å². The van der Waals surface area contributed by atoms with Crippen LogP contribution in [0.2, 0.25) is 0 Å². The van der Waals surface area contributed by atoms with Gasteiger partial charge in [0.15, 0.2) is 0 Å². The number of carbonyl (C=O) groups excluding carboxylic acids is 2. The van der Waals surface area contributed by atoms with Crippen LogP contribution >= 0.6 is 23.2 Å². The molecule has 0 bridgehead atoms. The molecule has 0 unspecified atom stereocenters. The lowest BCUT2D eigenvalue weighted by Gasteiger charge is -1.97. The molecule has 0 rings (SSSR count). The van der Waals surface area contributed by atoms with Gasteiger partial charge in [-0.05, 0) is 0 Å². The molecule has 0 aromatic heterocycles. The molecule has 0 atom stereocenters. The predicted molar refractivity (Wildman–Crippen MR) is 52.5 cm³/mol. The molecule has 80 valence electrons. The fraction of sp³-hybridized carbons (Fsp3) is 0.500. The summed E-state index contributed by atoms with van der Waals surface area (Å²) in [6.45, 7) is 0.225. The van der Waals surface area contributed by atoms with Crippen molar-refractivity contribution in [3.05, 3.63) is 12.2 Å². The molecular formula is C8H10Cl2O4. The molecule has 0 N–H and O–H groups in total. The molecule has 6 heteroatoms. The van der Waals surface area contributed by atoms with E-state index in [1.807, 2.05) is 0 Å². The van der Waals surface area contributed by atoms with Crippen molar-refractivity contribution in [3.8, 4) is 0 Å². The molecule has 0 aliphatic heterocycles. The van der Waals surface area contributed by atoms with Crippen LogP contribution in [-0.2, 0) is 19.1 Å². The summed E-state index contributed by atoms with van der Waals surface area (Å²) in [5, 5.41) is 0. The molecule has 0 amide bonds. The second-order valence-corrected chi connectivity index (χ2v) is 2.80. The summed E-state index contributed by atoms with van der Waals surface area (Å²) in [6, 6.07) is 0. The van der Waals surface area contributed by atoms with Crippen LogP contribution in [0.5, 0.6) is 0 Å². The third-order valence-corrected chi connectivity index (χ3v) is 1.31. The van der Waals surface area contributed by atoms with Crippen LogP contribution in [0.25, 0.3) is 0 Å². The van der Waals surface area contributed by atoms with Gasteiger partial charge in [0.05, 0.1) is 11.8 Å². The topological polar surface area (TPSA) is 52.6 Å². The molecule has 14 heavy (non-hydrogen) atoms. The van der Waals surface area contributed by atoms with Crippen LogP contribution in [0.15, 0.2) is 12.2 Å². The van der Waals surface area contributed by atoms with Gasteiger partial charge in [-0.2, -0.15) is 0 Å². The van der Waals surface area contributed by atoms with Crippen LogP contribution in [-0.4, -0.2) is 36.9 Å². The van der Waals surface area contributed by atoms with Gasteiger partial charge in [0.25, 0.3) is 0 Å². The van der Waals surface area contributed by atoms with Gasteiger partial charge < -0.3 is 9.47 Å². The van der Waals surface area contributed by atoms with Crippen LogP contribution in [0.4, 0.5) is 0 Å². The second-order valence-electron chi connectivity index (χ2n) is 2.05. The minimum absolute atomic E-state index is 0.113. The largest absolute Gasteiger partial charge is 0.461 e. The first-order chi connectivity index (χ1) is 6.70. The first-order valence-electron chi connectivity index (χ1n) is 3.84. The minimum atomic E-state index is -0.631.